The van der Waals surface area contributed by atoms with E-state index in [2.05, 4.69) is 41.7 Å². The minimum absolute atomic E-state index is 0.0209. The molecule has 0 bridgehead atoms. The first kappa shape index (κ1) is 34.3. The molecule has 3 aromatic rings. The van der Waals surface area contributed by atoms with Crippen LogP contribution in [0.2, 0.25) is 0 Å². The number of aromatic nitrogens is 2. The van der Waals surface area contributed by atoms with Gasteiger partial charge in [-0.15, -0.1) is 0 Å². The standard InChI is InChI=1S/C41H48N4O4/c1-5-39(48)34-17-22-45(21-15-27(34)2)40-36-14-13-33(37-26-32(47)25-31-10-6-7-12-35(31)37)28(3)24-38(36)42-41(43-40)49-23-9-19-44-18-8-11-30(16-20-44)29(4)46/h5-7,10-12,25-26,33-34,47H,1-3,8-9,13-24H2,4H3. The normalized spacial score (nSPS) is 20.5. The average Bonchev–Trinajstić information content (AvgIpc) is 3.52. The average molecular weight is 661 g/mol. The zero-order valence-electron chi connectivity index (χ0n) is 28.8. The van der Waals surface area contributed by atoms with Gasteiger partial charge in [0.2, 0.25) is 0 Å². The van der Waals surface area contributed by atoms with Crippen LogP contribution in [0.4, 0.5) is 5.82 Å². The molecule has 2 atom stereocenters. The molecule has 3 aliphatic rings. The van der Waals surface area contributed by atoms with Crippen LogP contribution in [0.5, 0.6) is 11.8 Å². The van der Waals surface area contributed by atoms with Gasteiger partial charge in [-0.1, -0.05) is 61.2 Å². The van der Waals surface area contributed by atoms with Gasteiger partial charge in [-0.2, -0.15) is 9.97 Å². The van der Waals surface area contributed by atoms with Gasteiger partial charge in [-0.25, -0.2) is 0 Å². The van der Waals surface area contributed by atoms with E-state index in [1.807, 2.05) is 30.3 Å². The third kappa shape index (κ3) is 7.86. The summed E-state index contributed by atoms with van der Waals surface area (Å²) in [6.45, 7) is 18.7. The molecule has 3 heterocycles. The van der Waals surface area contributed by atoms with Crippen LogP contribution in [0.25, 0.3) is 10.8 Å². The molecule has 6 rings (SSSR count). The molecular weight excluding hydrogens is 612 g/mol. The van der Waals surface area contributed by atoms with E-state index in [0.717, 1.165) is 102 Å². The lowest BCUT2D eigenvalue weighted by atomic mass is 9.85. The lowest BCUT2D eigenvalue weighted by Crippen LogP contribution is -2.28. The number of phenols is 1. The van der Waals surface area contributed by atoms with Gasteiger partial charge in [0, 0.05) is 56.5 Å². The summed E-state index contributed by atoms with van der Waals surface area (Å²) in [4.78, 5) is 39.2. The van der Waals surface area contributed by atoms with Gasteiger partial charge in [0.1, 0.15) is 11.6 Å². The van der Waals surface area contributed by atoms with E-state index in [9.17, 15) is 14.7 Å². The molecular formula is C41H48N4O4. The number of hydrogen-bond donors (Lipinski definition) is 1. The molecule has 1 fully saturated rings. The van der Waals surface area contributed by atoms with Crippen LogP contribution >= 0.6 is 0 Å². The number of anilines is 1. The summed E-state index contributed by atoms with van der Waals surface area (Å²) in [7, 11) is 0. The Balaban J connectivity index is 1.24. The Bertz CT molecular complexity index is 1810. The van der Waals surface area contributed by atoms with Gasteiger partial charge in [0.05, 0.1) is 12.3 Å². The third-order valence-electron chi connectivity index (χ3n) is 10.4. The third-order valence-corrected chi connectivity index (χ3v) is 10.4. The Kier molecular flexibility index (Phi) is 10.7. The first-order valence-corrected chi connectivity index (χ1v) is 17.6. The van der Waals surface area contributed by atoms with Crippen molar-refractivity contribution in [2.45, 2.75) is 64.2 Å². The summed E-state index contributed by atoms with van der Waals surface area (Å²) in [6.07, 6.45) is 9.47. The molecule has 2 unspecified atom stereocenters. The first-order chi connectivity index (χ1) is 23.7. The Labute approximate surface area is 289 Å². The Hall–Kier alpha value is -4.56. The Morgan fingerprint density at radius 2 is 1.86 bits per heavy atom. The van der Waals surface area contributed by atoms with Crippen LogP contribution < -0.4 is 9.64 Å². The van der Waals surface area contributed by atoms with Crippen LogP contribution in [0.15, 0.2) is 85.0 Å². The van der Waals surface area contributed by atoms with E-state index in [4.69, 9.17) is 14.7 Å². The molecule has 0 radical (unpaired) electrons. The lowest BCUT2D eigenvalue weighted by Gasteiger charge is -2.25. The maximum absolute atomic E-state index is 12.7. The van der Waals surface area contributed by atoms with Crippen molar-refractivity contribution < 1.29 is 19.4 Å². The second kappa shape index (κ2) is 15.3. The van der Waals surface area contributed by atoms with E-state index in [-0.39, 0.29) is 29.2 Å². The second-order valence-corrected chi connectivity index (χ2v) is 13.6. The summed E-state index contributed by atoms with van der Waals surface area (Å²) in [6, 6.07) is 12.2. The molecule has 1 saturated heterocycles. The Morgan fingerprint density at radius 1 is 1.02 bits per heavy atom. The number of nitrogens with zero attached hydrogens (tertiary/aromatic N) is 4. The number of benzene rings is 2. The fraction of sp³-hybridized carbons (Fsp3) is 0.415. The number of rotatable bonds is 10. The highest BCUT2D eigenvalue weighted by Gasteiger charge is 2.31. The quantitative estimate of drug-likeness (QED) is 0.107. The molecule has 1 N–H and O–H groups in total. The molecule has 0 amide bonds. The number of carbonyl (C=O) groups excluding carboxylic acids is 2. The van der Waals surface area contributed by atoms with Crippen LogP contribution in [-0.4, -0.2) is 70.9 Å². The molecule has 49 heavy (non-hydrogen) atoms. The van der Waals surface area contributed by atoms with Crippen molar-refractivity contribution in [2.75, 3.05) is 44.2 Å². The summed E-state index contributed by atoms with van der Waals surface area (Å²) in [5.74, 6) is 1.11. The van der Waals surface area contributed by atoms with Gasteiger partial charge < -0.3 is 19.6 Å². The van der Waals surface area contributed by atoms with Crippen LogP contribution in [0.3, 0.4) is 0 Å². The highest BCUT2D eigenvalue weighted by molar-refractivity contribution is 5.93. The highest BCUT2D eigenvalue weighted by atomic mass is 16.5. The minimum Gasteiger partial charge on any atom is -0.508 e. The zero-order chi connectivity index (χ0) is 34.5. The number of Topliss-reactive ketones (excluding diaryl/α,β-unsaturated/α-hetero) is 1. The van der Waals surface area contributed by atoms with Crippen molar-refractivity contribution in [3.63, 3.8) is 0 Å². The Morgan fingerprint density at radius 3 is 2.67 bits per heavy atom. The van der Waals surface area contributed by atoms with Gasteiger partial charge in [-0.3, -0.25) is 9.59 Å². The first-order valence-electron chi connectivity index (χ1n) is 17.6. The monoisotopic (exact) mass is 660 g/mol. The maximum atomic E-state index is 12.7. The largest absolute Gasteiger partial charge is 0.508 e. The van der Waals surface area contributed by atoms with Gasteiger partial charge in [-0.05, 0) is 92.0 Å². The molecule has 1 aromatic heterocycles. The number of ketones is 2. The predicted molar refractivity (Wildman–Crippen MR) is 195 cm³/mol. The SMILES string of the molecule is C=CC(=O)C1CCN(c2nc(OCCCN3CCC=C(C(C)=O)CC3)nc3c2CCC(c2cc(O)cc4ccccc24)C(=C)C3)CCC1=C. The summed E-state index contributed by atoms with van der Waals surface area (Å²) < 4.78 is 6.28. The zero-order valence-corrected chi connectivity index (χ0v) is 28.8. The number of ether oxygens (including phenoxy) is 1. The number of hydrogen-bond acceptors (Lipinski definition) is 8. The fourth-order valence-corrected chi connectivity index (χ4v) is 7.70. The molecule has 0 saturated carbocycles. The lowest BCUT2D eigenvalue weighted by molar-refractivity contribution is -0.117. The van der Waals surface area contributed by atoms with Gasteiger partial charge in [0.15, 0.2) is 11.6 Å². The number of fused-ring (bicyclic) bond motifs is 2. The highest BCUT2D eigenvalue weighted by Crippen LogP contribution is 2.42. The number of carbonyl (C=O) groups is 2. The minimum atomic E-state index is -0.234. The van der Waals surface area contributed by atoms with Gasteiger partial charge in [0.25, 0.3) is 0 Å². The van der Waals surface area contributed by atoms with Crippen LogP contribution in [0.1, 0.15) is 68.2 Å². The van der Waals surface area contributed by atoms with E-state index >= 15 is 0 Å². The van der Waals surface area contributed by atoms with E-state index in [1.54, 1.807) is 6.92 Å². The second-order valence-electron chi connectivity index (χ2n) is 13.6. The fourth-order valence-electron chi connectivity index (χ4n) is 7.70. The van der Waals surface area contributed by atoms with Crippen LogP contribution in [-0.2, 0) is 22.4 Å². The van der Waals surface area contributed by atoms with Crippen molar-refractivity contribution >= 4 is 28.2 Å². The molecule has 0 spiro atoms. The summed E-state index contributed by atoms with van der Waals surface area (Å²) >= 11 is 0. The van der Waals surface area contributed by atoms with Crippen LogP contribution in [0, 0.1) is 5.92 Å². The van der Waals surface area contributed by atoms with Crippen molar-refractivity contribution in [3.8, 4) is 11.8 Å². The molecule has 256 valence electrons. The number of phenolic OH excluding ortho intramolecular Hbond substituents is 1. The van der Waals surface area contributed by atoms with Crippen molar-refractivity contribution in [2.24, 2.45) is 5.92 Å². The number of allylic oxidation sites excluding steroid dienone is 2. The van der Waals surface area contributed by atoms with E-state index in [1.165, 1.54) is 6.08 Å². The van der Waals surface area contributed by atoms with Gasteiger partial charge >= 0.3 is 6.01 Å². The van der Waals surface area contributed by atoms with Crippen molar-refractivity contribution in [3.05, 3.63) is 102 Å². The molecule has 2 aliphatic heterocycles. The summed E-state index contributed by atoms with van der Waals surface area (Å²) in [5.41, 5.74) is 6.02. The molecule has 1 aliphatic carbocycles. The molecule has 8 heteroatoms. The van der Waals surface area contributed by atoms with Crippen molar-refractivity contribution in [1.29, 1.82) is 0 Å². The summed E-state index contributed by atoms with van der Waals surface area (Å²) in [5, 5.41) is 12.8. The van der Waals surface area contributed by atoms with E-state index < -0.39 is 0 Å². The topological polar surface area (TPSA) is 95.9 Å². The number of aromatic hydroxyl groups is 1. The maximum Gasteiger partial charge on any atom is 0.318 e. The van der Waals surface area contributed by atoms with E-state index in [0.29, 0.717) is 45.0 Å². The molecule has 8 nitrogen and oxygen atoms in total. The smallest absolute Gasteiger partial charge is 0.318 e. The molecule has 2 aromatic carbocycles. The predicted octanol–water partition coefficient (Wildman–Crippen LogP) is 7.07. The van der Waals surface area contributed by atoms with Crippen molar-refractivity contribution in [1.82, 2.24) is 14.9 Å².